The van der Waals surface area contributed by atoms with Gasteiger partial charge in [0.25, 0.3) is 0 Å². The maximum Gasteiger partial charge on any atom is 0.410 e. The highest BCUT2D eigenvalue weighted by molar-refractivity contribution is 5.80. The molecular weight excluding hydrogens is 469 g/mol. The van der Waals surface area contributed by atoms with Crippen molar-refractivity contribution in [2.75, 3.05) is 19.6 Å². The van der Waals surface area contributed by atoms with Crippen LogP contribution in [0.1, 0.15) is 91.5 Å². The third-order valence-electron chi connectivity index (χ3n) is 8.46. The third kappa shape index (κ3) is 7.24. The summed E-state index contributed by atoms with van der Waals surface area (Å²) in [6.45, 7) is 12.8. The molecule has 6 nitrogen and oxygen atoms in total. The molecule has 1 aliphatic carbocycles. The van der Waals surface area contributed by atoms with Crippen molar-refractivity contribution in [1.29, 1.82) is 0 Å². The van der Waals surface area contributed by atoms with Crippen LogP contribution in [0.25, 0.3) is 0 Å². The van der Waals surface area contributed by atoms with Crippen LogP contribution in [0.2, 0.25) is 0 Å². The lowest BCUT2D eigenvalue weighted by molar-refractivity contribution is -0.146. The molecule has 1 aromatic carbocycles. The Bertz CT molecular complexity index is 945. The van der Waals surface area contributed by atoms with E-state index < -0.39 is 5.60 Å². The number of nitrogens with zero attached hydrogens (tertiary/aromatic N) is 2. The van der Waals surface area contributed by atoms with Gasteiger partial charge in [0.2, 0.25) is 5.91 Å². The molecule has 2 saturated heterocycles. The molecular formula is C30H46FN3O3. The van der Waals surface area contributed by atoms with E-state index in [1.165, 1.54) is 6.07 Å². The summed E-state index contributed by atoms with van der Waals surface area (Å²) in [6, 6.07) is 6.80. The lowest BCUT2D eigenvalue weighted by Crippen LogP contribution is -2.57. The monoisotopic (exact) mass is 515 g/mol. The zero-order valence-corrected chi connectivity index (χ0v) is 23.4. The van der Waals surface area contributed by atoms with Gasteiger partial charge in [0.15, 0.2) is 0 Å². The topological polar surface area (TPSA) is 61.9 Å². The van der Waals surface area contributed by atoms with Crippen LogP contribution < -0.4 is 5.32 Å². The maximum absolute atomic E-state index is 13.9. The van der Waals surface area contributed by atoms with Crippen LogP contribution >= 0.6 is 0 Å². The van der Waals surface area contributed by atoms with E-state index in [0.717, 1.165) is 63.5 Å². The van der Waals surface area contributed by atoms with Gasteiger partial charge in [0, 0.05) is 37.1 Å². The molecule has 1 saturated carbocycles. The van der Waals surface area contributed by atoms with Crippen molar-refractivity contribution >= 4 is 12.0 Å². The molecule has 206 valence electrons. The molecule has 1 atom stereocenters. The van der Waals surface area contributed by atoms with Gasteiger partial charge >= 0.3 is 6.09 Å². The Morgan fingerprint density at radius 2 is 1.84 bits per heavy atom. The zero-order chi connectivity index (χ0) is 26.8. The molecule has 37 heavy (non-hydrogen) atoms. The first-order valence-electron chi connectivity index (χ1n) is 14.1. The molecule has 2 aliphatic heterocycles. The summed E-state index contributed by atoms with van der Waals surface area (Å²) >= 11 is 0. The highest BCUT2D eigenvalue weighted by atomic mass is 19.1. The van der Waals surface area contributed by atoms with E-state index in [1.807, 2.05) is 31.7 Å². The van der Waals surface area contributed by atoms with Crippen LogP contribution in [0, 0.1) is 17.2 Å². The molecule has 3 aliphatic rings. The van der Waals surface area contributed by atoms with Gasteiger partial charge in [-0.1, -0.05) is 26.0 Å². The van der Waals surface area contributed by atoms with E-state index in [4.69, 9.17) is 4.74 Å². The maximum atomic E-state index is 13.9. The lowest BCUT2D eigenvalue weighted by Gasteiger charge is -2.47. The van der Waals surface area contributed by atoms with Crippen molar-refractivity contribution in [2.45, 2.75) is 110 Å². The fourth-order valence-corrected chi connectivity index (χ4v) is 6.50. The summed E-state index contributed by atoms with van der Waals surface area (Å²) in [7, 11) is 0. The number of amides is 2. The van der Waals surface area contributed by atoms with Gasteiger partial charge in [0.05, 0.1) is 0 Å². The average Bonchev–Trinajstić information content (AvgIpc) is 2.77. The number of piperidine rings is 1. The van der Waals surface area contributed by atoms with E-state index >= 15 is 0 Å². The summed E-state index contributed by atoms with van der Waals surface area (Å²) in [5.41, 5.74) is 0.643. The molecule has 1 unspecified atom stereocenters. The number of carbonyl (C=O) groups excluding carboxylic acids is 2. The molecule has 1 spiro atoms. The van der Waals surface area contributed by atoms with Crippen LogP contribution in [0.3, 0.4) is 0 Å². The minimum atomic E-state index is -0.482. The first-order valence-corrected chi connectivity index (χ1v) is 14.1. The van der Waals surface area contributed by atoms with Gasteiger partial charge in [-0.2, -0.15) is 0 Å². The SMILES string of the molecule is CC1(C)CC(C(=O)N(Cc2cccc(F)c2)C2CCCC3(CCN(C(=O)OC(C)(C)C)CC3)NCC2)C1. The van der Waals surface area contributed by atoms with Gasteiger partial charge in [-0.3, -0.25) is 4.79 Å². The number of likely N-dealkylation sites (tertiary alicyclic amines) is 1. The number of rotatable bonds is 4. The first-order chi connectivity index (χ1) is 17.3. The molecule has 2 amide bonds. The number of ether oxygens (including phenoxy) is 1. The molecule has 2 heterocycles. The van der Waals surface area contributed by atoms with Gasteiger partial charge in [-0.25, -0.2) is 9.18 Å². The van der Waals surface area contributed by atoms with Gasteiger partial charge in [-0.05, 0) is 102 Å². The van der Waals surface area contributed by atoms with E-state index in [9.17, 15) is 14.0 Å². The second kappa shape index (κ2) is 10.9. The van der Waals surface area contributed by atoms with Crippen molar-refractivity contribution in [1.82, 2.24) is 15.1 Å². The Balaban J connectivity index is 1.37. The van der Waals surface area contributed by atoms with Gasteiger partial charge < -0.3 is 19.9 Å². The van der Waals surface area contributed by atoms with Gasteiger partial charge in [0.1, 0.15) is 11.4 Å². The van der Waals surface area contributed by atoms with E-state index in [1.54, 1.807) is 12.1 Å². The van der Waals surface area contributed by atoms with E-state index in [2.05, 4.69) is 24.1 Å². The lowest BCUT2D eigenvalue weighted by atomic mass is 9.64. The molecule has 4 rings (SSSR count). The van der Waals surface area contributed by atoms with E-state index in [-0.39, 0.29) is 40.7 Å². The molecule has 0 aromatic heterocycles. The number of benzene rings is 1. The largest absolute Gasteiger partial charge is 0.444 e. The number of carbonyl (C=O) groups is 2. The van der Waals surface area contributed by atoms with Crippen LogP contribution in [0.4, 0.5) is 9.18 Å². The third-order valence-corrected chi connectivity index (χ3v) is 8.46. The Labute approximate surface area is 222 Å². The Morgan fingerprint density at radius 1 is 1.14 bits per heavy atom. The van der Waals surface area contributed by atoms with Gasteiger partial charge in [-0.15, -0.1) is 0 Å². The smallest absolute Gasteiger partial charge is 0.410 e. The Morgan fingerprint density at radius 3 is 2.46 bits per heavy atom. The van der Waals surface area contributed by atoms with Crippen molar-refractivity contribution < 1.29 is 18.7 Å². The average molecular weight is 516 g/mol. The fraction of sp³-hybridized carbons (Fsp3) is 0.733. The highest BCUT2D eigenvalue weighted by Crippen LogP contribution is 2.46. The second-order valence-corrected chi connectivity index (χ2v) is 13.4. The van der Waals surface area contributed by atoms with Crippen molar-refractivity contribution in [3.63, 3.8) is 0 Å². The van der Waals surface area contributed by atoms with Crippen molar-refractivity contribution in [2.24, 2.45) is 11.3 Å². The number of nitrogens with one attached hydrogen (secondary N) is 1. The summed E-state index contributed by atoms with van der Waals surface area (Å²) in [4.78, 5) is 30.1. The Hall–Kier alpha value is -2.15. The van der Waals surface area contributed by atoms with Crippen LogP contribution in [0.15, 0.2) is 24.3 Å². The fourth-order valence-electron chi connectivity index (χ4n) is 6.50. The van der Waals surface area contributed by atoms with Crippen molar-refractivity contribution in [3.8, 4) is 0 Å². The summed E-state index contributed by atoms with van der Waals surface area (Å²) in [6.07, 6.45) is 7.35. The molecule has 1 aromatic rings. The second-order valence-electron chi connectivity index (χ2n) is 13.4. The predicted molar refractivity (Wildman–Crippen MR) is 143 cm³/mol. The summed E-state index contributed by atoms with van der Waals surface area (Å²) in [5, 5.41) is 3.83. The van der Waals surface area contributed by atoms with Crippen LogP contribution in [0.5, 0.6) is 0 Å². The normalized spacial score (nSPS) is 24.1. The van der Waals surface area contributed by atoms with Crippen LogP contribution in [-0.4, -0.2) is 58.6 Å². The molecule has 0 radical (unpaired) electrons. The van der Waals surface area contributed by atoms with Crippen molar-refractivity contribution in [3.05, 3.63) is 35.6 Å². The minimum Gasteiger partial charge on any atom is -0.444 e. The number of halogens is 1. The quantitative estimate of drug-likeness (QED) is 0.543. The standard InChI is InChI=1S/C30H46FN3O3/c1-28(2,3)37-27(36)33-16-13-30(14-17-33)12-7-10-25(11-15-32-30)34(21-22-8-6-9-24(31)18-22)26(35)23-19-29(4,5)20-23/h6,8-9,18,23,25,32H,7,10-17,19-21H2,1-5H3. The zero-order valence-electron chi connectivity index (χ0n) is 23.4. The number of hydrogen-bond acceptors (Lipinski definition) is 4. The summed E-state index contributed by atoms with van der Waals surface area (Å²) < 4.78 is 19.5. The Kier molecular flexibility index (Phi) is 8.22. The number of hydrogen-bond donors (Lipinski definition) is 1. The highest BCUT2D eigenvalue weighted by Gasteiger charge is 2.44. The molecule has 0 bridgehead atoms. The van der Waals surface area contributed by atoms with E-state index in [0.29, 0.717) is 19.6 Å². The first kappa shape index (κ1) is 27.9. The summed E-state index contributed by atoms with van der Waals surface area (Å²) in [5.74, 6) is 0.0497. The molecule has 3 fully saturated rings. The molecule has 1 N–H and O–H groups in total. The predicted octanol–water partition coefficient (Wildman–Crippen LogP) is 5.89. The molecule has 7 heteroatoms. The minimum absolute atomic E-state index is 0.0406. The van der Waals surface area contributed by atoms with Crippen LogP contribution in [-0.2, 0) is 16.1 Å².